The van der Waals surface area contributed by atoms with Crippen LogP contribution in [0.15, 0.2) is 123 Å². The summed E-state index contributed by atoms with van der Waals surface area (Å²) >= 11 is 0. The molecule has 0 unspecified atom stereocenters. The fourth-order valence-corrected chi connectivity index (χ4v) is 3.44. The van der Waals surface area contributed by atoms with Crippen molar-refractivity contribution >= 4 is 75.5 Å². The topological polar surface area (TPSA) is 161 Å². The fourth-order valence-electron chi connectivity index (χ4n) is 3.44. The Bertz CT molecular complexity index is 1410. The molecule has 0 bridgehead atoms. The number of rotatable bonds is 8. The van der Waals surface area contributed by atoms with E-state index in [1.807, 2.05) is 0 Å². The molecule has 8 nitrogen and oxygen atoms in total. The van der Waals surface area contributed by atoms with Crippen molar-refractivity contribution in [3.05, 3.63) is 168 Å². The number of carbonyl (C=O) groups is 4. The molecule has 0 heterocycles. The summed E-state index contributed by atoms with van der Waals surface area (Å²) in [5.74, 6) is -4.66. The monoisotopic (exact) mass is 796 g/mol. The summed E-state index contributed by atoms with van der Waals surface area (Å²) in [5, 5.41) is 41.7. The Kier molecular flexibility index (Phi) is 18.8. The van der Waals surface area contributed by atoms with E-state index >= 15 is 0 Å². The second-order valence-electron chi connectivity index (χ2n) is 8.32. The number of hydrogen-bond acceptors (Lipinski definition) is 8. The van der Waals surface area contributed by atoms with E-state index in [-0.39, 0.29) is 49.6 Å². The summed E-state index contributed by atoms with van der Waals surface area (Å²) in [7, 11) is 0. The maximum absolute atomic E-state index is 10.4. The van der Waals surface area contributed by atoms with Crippen LogP contribution in [0, 0.1) is 0 Å². The fraction of sp³-hybridized carbons (Fsp3) is 0. The van der Waals surface area contributed by atoms with Gasteiger partial charge in [-0.25, -0.2) is 0 Å². The van der Waals surface area contributed by atoms with Crippen LogP contribution in [0.3, 0.4) is 0 Å². The Balaban J connectivity index is 0.000000569. The predicted molar refractivity (Wildman–Crippen MR) is 169 cm³/mol. The molecule has 0 atom stereocenters. The smallest absolute Gasteiger partial charge is 0.545 e. The Morgan fingerprint density at radius 1 is 0.378 bits per heavy atom. The van der Waals surface area contributed by atoms with Gasteiger partial charge >= 0.3 is 27.3 Å². The SMILES string of the molecule is C=Cc1ccccc1C(=O)[O-].C=Cc1ccccc1C(=O)[O-].C=Cc1ccccc1C(=O)[O-].C=Cc1ccccc1C(=O)[O-].[Pb+4]. The number of hydrogen-bond donors (Lipinski definition) is 0. The van der Waals surface area contributed by atoms with Crippen LogP contribution in [0.5, 0.6) is 0 Å². The summed E-state index contributed by atoms with van der Waals surface area (Å²) in [6, 6.07) is 26.3. The molecule has 0 amide bonds. The quantitative estimate of drug-likeness (QED) is 0.246. The number of benzene rings is 4. The van der Waals surface area contributed by atoms with Crippen LogP contribution >= 0.6 is 0 Å². The van der Waals surface area contributed by atoms with E-state index in [1.54, 1.807) is 72.8 Å². The van der Waals surface area contributed by atoms with Crippen LogP contribution in [-0.2, 0) is 0 Å². The zero-order chi connectivity index (χ0) is 33.1. The molecule has 0 aliphatic carbocycles. The first-order valence-corrected chi connectivity index (χ1v) is 12.7. The van der Waals surface area contributed by atoms with Crippen molar-refractivity contribution in [1.29, 1.82) is 0 Å². The van der Waals surface area contributed by atoms with Gasteiger partial charge in [-0.1, -0.05) is 148 Å². The second-order valence-corrected chi connectivity index (χ2v) is 8.32. The molecule has 9 heteroatoms. The molecule has 0 N–H and O–H groups in total. The molecule has 224 valence electrons. The van der Waals surface area contributed by atoms with Crippen LogP contribution in [-0.4, -0.2) is 51.2 Å². The molecular weight excluding hydrogens is 768 g/mol. The third-order valence-corrected chi connectivity index (χ3v) is 5.60. The first kappa shape index (κ1) is 39.6. The molecule has 0 aliphatic heterocycles. The van der Waals surface area contributed by atoms with E-state index in [1.165, 1.54) is 48.6 Å². The molecule has 4 rings (SSSR count). The van der Waals surface area contributed by atoms with Gasteiger partial charge in [0.2, 0.25) is 0 Å². The van der Waals surface area contributed by atoms with Gasteiger partial charge in [-0.3, -0.25) is 0 Å². The minimum atomic E-state index is -1.17. The summed E-state index contributed by atoms with van der Waals surface area (Å²) in [6.07, 6.45) is 5.96. The standard InChI is InChI=1S/4C9H8O2.Pb/c4*1-2-7-5-3-4-6-8(7)9(10)11;/h4*2-6H,1H2,(H,10,11);/q;;;;+4/p-4. The predicted octanol–water partition coefficient (Wildman–Crippen LogP) is 2.39. The Morgan fingerprint density at radius 2 is 0.533 bits per heavy atom. The molecular formula is C36H28O8Pb. The number of carboxylic acid groups (broad SMARTS) is 4. The molecule has 0 saturated carbocycles. The minimum absolute atomic E-state index is 0. The Labute approximate surface area is 281 Å². The summed E-state index contributed by atoms with van der Waals surface area (Å²) in [5.41, 5.74) is 3.09. The Hall–Kier alpha value is -5.36. The second kappa shape index (κ2) is 21.3. The third kappa shape index (κ3) is 13.2. The molecule has 45 heavy (non-hydrogen) atoms. The van der Waals surface area contributed by atoms with Gasteiger partial charge in [0.05, 0.1) is 23.9 Å². The Morgan fingerprint density at radius 3 is 0.644 bits per heavy atom. The van der Waals surface area contributed by atoms with Crippen molar-refractivity contribution in [2.24, 2.45) is 0 Å². The van der Waals surface area contributed by atoms with Crippen molar-refractivity contribution < 1.29 is 39.6 Å². The van der Waals surface area contributed by atoms with Gasteiger partial charge in [-0.15, -0.1) is 0 Å². The molecule has 0 saturated heterocycles. The third-order valence-electron chi connectivity index (χ3n) is 5.60. The summed E-state index contributed by atoms with van der Waals surface area (Å²) < 4.78 is 0. The number of aromatic carboxylic acids is 4. The normalized spacial score (nSPS) is 8.89. The van der Waals surface area contributed by atoms with Crippen molar-refractivity contribution in [3.8, 4) is 0 Å². The number of carbonyl (C=O) groups excluding carboxylic acids is 4. The zero-order valence-electron chi connectivity index (χ0n) is 24.1. The first-order chi connectivity index (χ1) is 21.0. The van der Waals surface area contributed by atoms with E-state index in [9.17, 15) is 39.6 Å². The largest absolute Gasteiger partial charge is 4.00 e. The minimum Gasteiger partial charge on any atom is -0.545 e. The molecule has 0 spiro atoms. The maximum Gasteiger partial charge on any atom is 4.00 e. The first-order valence-electron chi connectivity index (χ1n) is 12.7. The molecule has 0 radical (unpaired) electrons. The maximum atomic E-state index is 10.4. The van der Waals surface area contributed by atoms with E-state index in [0.717, 1.165) is 0 Å². The molecule has 0 fully saturated rings. The summed E-state index contributed by atoms with van der Waals surface area (Å²) in [4.78, 5) is 41.7. The molecule has 4 aromatic rings. The van der Waals surface area contributed by atoms with Crippen LogP contribution in [0.25, 0.3) is 24.3 Å². The van der Waals surface area contributed by atoms with Crippen molar-refractivity contribution in [2.75, 3.05) is 0 Å². The van der Waals surface area contributed by atoms with Gasteiger partial charge in [0.25, 0.3) is 0 Å². The van der Waals surface area contributed by atoms with Crippen molar-refractivity contribution in [2.45, 2.75) is 0 Å². The van der Waals surface area contributed by atoms with Crippen LogP contribution in [0.1, 0.15) is 63.7 Å². The van der Waals surface area contributed by atoms with Gasteiger partial charge in [0.1, 0.15) is 0 Å². The number of carboxylic acids is 4. The molecule has 0 aromatic heterocycles. The van der Waals surface area contributed by atoms with Gasteiger partial charge in [0.15, 0.2) is 0 Å². The average Bonchev–Trinajstić information content (AvgIpc) is 3.05. The van der Waals surface area contributed by atoms with Crippen molar-refractivity contribution in [1.82, 2.24) is 0 Å². The molecule has 0 aliphatic rings. The summed E-state index contributed by atoms with van der Waals surface area (Å²) in [6.45, 7) is 13.9. The van der Waals surface area contributed by atoms with Gasteiger partial charge in [-0.2, -0.15) is 0 Å². The van der Waals surface area contributed by atoms with Crippen LogP contribution in [0.2, 0.25) is 0 Å². The van der Waals surface area contributed by atoms with Crippen LogP contribution < -0.4 is 20.4 Å². The van der Waals surface area contributed by atoms with E-state index < -0.39 is 23.9 Å². The van der Waals surface area contributed by atoms with Gasteiger partial charge < -0.3 is 39.6 Å². The van der Waals surface area contributed by atoms with E-state index in [2.05, 4.69) is 26.3 Å². The van der Waals surface area contributed by atoms with Gasteiger partial charge in [0, 0.05) is 22.3 Å². The van der Waals surface area contributed by atoms with E-state index in [4.69, 9.17) is 0 Å². The average molecular weight is 796 g/mol. The van der Waals surface area contributed by atoms with Crippen LogP contribution in [0.4, 0.5) is 0 Å². The zero-order valence-corrected chi connectivity index (χ0v) is 28.0. The van der Waals surface area contributed by atoms with E-state index in [0.29, 0.717) is 22.3 Å². The molecule has 4 aromatic carbocycles. The van der Waals surface area contributed by atoms with Gasteiger partial charge in [-0.05, 0) is 22.3 Å². The van der Waals surface area contributed by atoms with Crippen molar-refractivity contribution in [3.63, 3.8) is 0 Å².